The van der Waals surface area contributed by atoms with Crippen molar-refractivity contribution < 1.29 is 5.11 Å². The van der Waals surface area contributed by atoms with E-state index in [4.69, 9.17) is 5.11 Å². The van der Waals surface area contributed by atoms with Crippen molar-refractivity contribution >= 4 is 29.1 Å². The molecule has 0 amide bonds. The molecular formula is C4H7N3OS2. The van der Waals surface area contributed by atoms with Crippen LogP contribution in [-0.2, 0) is 0 Å². The molecule has 0 radical (unpaired) electrons. The molecule has 56 valence electrons. The number of aromatic nitrogens is 2. The summed E-state index contributed by atoms with van der Waals surface area (Å²) < 4.78 is 0.586. The van der Waals surface area contributed by atoms with Crippen LogP contribution in [-0.4, -0.2) is 21.5 Å². The number of anilines is 1. The summed E-state index contributed by atoms with van der Waals surface area (Å²) in [5.41, 5.74) is 0. The number of thiol groups is 1. The molecule has 0 saturated heterocycles. The van der Waals surface area contributed by atoms with E-state index in [1.54, 1.807) is 6.92 Å². The van der Waals surface area contributed by atoms with E-state index in [0.717, 1.165) is 0 Å². The van der Waals surface area contributed by atoms with Crippen molar-refractivity contribution in [2.45, 2.75) is 17.5 Å². The first kappa shape index (κ1) is 7.77. The smallest absolute Gasteiger partial charge is 0.208 e. The summed E-state index contributed by atoms with van der Waals surface area (Å²) in [5.74, 6) is 0. The first-order valence-corrected chi connectivity index (χ1v) is 3.92. The summed E-state index contributed by atoms with van der Waals surface area (Å²) in [6, 6.07) is 0. The predicted molar refractivity (Wildman–Crippen MR) is 42.5 cm³/mol. The Bertz CT molecular complexity index is 212. The Balaban J connectivity index is 2.58. The van der Waals surface area contributed by atoms with Crippen molar-refractivity contribution in [1.29, 1.82) is 0 Å². The zero-order chi connectivity index (χ0) is 7.56. The number of rotatable bonds is 2. The molecule has 1 unspecified atom stereocenters. The maximum absolute atomic E-state index is 8.82. The van der Waals surface area contributed by atoms with E-state index < -0.39 is 6.23 Å². The van der Waals surface area contributed by atoms with Gasteiger partial charge in [-0.25, -0.2) is 0 Å². The van der Waals surface area contributed by atoms with Crippen molar-refractivity contribution in [3.8, 4) is 0 Å². The molecule has 1 aromatic rings. The second kappa shape index (κ2) is 3.18. The lowest BCUT2D eigenvalue weighted by Gasteiger charge is -2.01. The number of nitrogens with zero attached hydrogens (tertiary/aromatic N) is 2. The SMILES string of the molecule is CC(O)Nc1nnc(S)s1. The molecule has 0 spiro atoms. The minimum absolute atomic E-state index is 0.583. The first-order valence-electron chi connectivity index (χ1n) is 2.65. The molecule has 1 aromatic heterocycles. The molecule has 1 rings (SSSR count). The summed E-state index contributed by atoms with van der Waals surface area (Å²) in [6.07, 6.45) is -0.597. The number of aliphatic hydroxyl groups excluding tert-OH is 1. The molecule has 0 aliphatic rings. The van der Waals surface area contributed by atoms with Crippen LogP contribution >= 0.6 is 24.0 Å². The Morgan fingerprint density at radius 3 is 2.80 bits per heavy atom. The lowest BCUT2D eigenvalue weighted by Crippen LogP contribution is -2.12. The molecule has 1 atom stereocenters. The van der Waals surface area contributed by atoms with Gasteiger partial charge in [-0.15, -0.1) is 22.8 Å². The molecule has 0 bridgehead atoms. The maximum Gasteiger partial charge on any atom is 0.208 e. The van der Waals surface area contributed by atoms with E-state index in [0.29, 0.717) is 9.47 Å². The highest BCUT2D eigenvalue weighted by atomic mass is 32.2. The highest BCUT2D eigenvalue weighted by Gasteiger charge is 2.00. The Hall–Kier alpha value is -0.330. The summed E-state index contributed by atoms with van der Waals surface area (Å²) in [5, 5.41) is 19.4. The summed E-state index contributed by atoms with van der Waals surface area (Å²) >= 11 is 5.24. The van der Waals surface area contributed by atoms with Crippen LogP contribution in [0.4, 0.5) is 5.13 Å². The van der Waals surface area contributed by atoms with Crippen molar-refractivity contribution in [3.05, 3.63) is 0 Å². The highest BCUT2D eigenvalue weighted by molar-refractivity contribution is 7.82. The van der Waals surface area contributed by atoms with E-state index in [-0.39, 0.29) is 0 Å². The van der Waals surface area contributed by atoms with Crippen LogP contribution in [0.25, 0.3) is 0 Å². The van der Waals surface area contributed by atoms with Gasteiger partial charge < -0.3 is 10.4 Å². The van der Waals surface area contributed by atoms with Crippen molar-refractivity contribution in [2.75, 3.05) is 5.32 Å². The standard InChI is InChI=1S/C4H7N3OS2/c1-2(8)5-3-6-7-4(9)10-3/h2,8H,1H3,(H,5,6)(H,7,9). The average molecular weight is 177 g/mol. The van der Waals surface area contributed by atoms with E-state index in [1.807, 2.05) is 0 Å². The summed E-state index contributed by atoms with van der Waals surface area (Å²) in [7, 11) is 0. The molecule has 4 nitrogen and oxygen atoms in total. The third-order valence-electron chi connectivity index (χ3n) is 0.747. The lowest BCUT2D eigenvalue weighted by molar-refractivity contribution is 0.224. The fraction of sp³-hybridized carbons (Fsp3) is 0.500. The molecule has 0 aromatic carbocycles. The van der Waals surface area contributed by atoms with E-state index in [2.05, 4.69) is 28.1 Å². The van der Waals surface area contributed by atoms with Crippen LogP contribution in [0, 0.1) is 0 Å². The van der Waals surface area contributed by atoms with Crippen LogP contribution in [0.1, 0.15) is 6.92 Å². The lowest BCUT2D eigenvalue weighted by atomic mass is 10.7. The molecule has 1 heterocycles. The van der Waals surface area contributed by atoms with Gasteiger partial charge in [-0.05, 0) is 6.92 Å². The first-order chi connectivity index (χ1) is 4.68. The zero-order valence-electron chi connectivity index (χ0n) is 5.27. The van der Waals surface area contributed by atoms with E-state index in [1.165, 1.54) is 11.3 Å². The zero-order valence-corrected chi connectivity index (χ0v) is 6.99. The summed E-state index contributed by atoms with van der Waals surface area (Å²) in [6.45, 7) is 1.61. The van der Waals surface area contributed by atoms with Gasteiger partial charge in [0.2, 0.25) is 5.13 Å². The van der Waals surface area contributed by atoms with Gasteiger partial charge in [0, 0.05) is 0 Å². The van der Waals surface area contributed by atoms with Crippen molar-refractivity contribution in [3.63, 3.8) is 0 Å². The van der Waals surface area contributed by atoms with Gasteiger partial charge in [0.05, 0.1) is 0 Å². The van der Waals surface area contributed by atoms with Gasteiger partial charge in [0.1, 0.15) is 6.23 Å². The minimum Gasteiger partial charge on any atom is -0.374 e. The Kier molecular flexibility index (Phi) is 2.47. The van der Waals surface area contributed by atoms with Gasteiger partial charge in [-0.3, -0.25) is 0 Å². The topological polar surface area (TPSA) is 58.0 Å². The van der Waals surface area contributed by atoms with Crippen molar-refractivity contribution in [2.24, 2.45) is 0 Å². The highest BCUT2D eigenvalue weighted by Crippen LogP contribution is 2.17. The average Bonchev–Trinajstić information content (AvgIpc) is 2.13. The molecule has 6 heteroatoms. The van der Waals surface area contributed by atoms with Crippen molar-refractivity contribution in [1.82, 2.24) is 10.2 Å². The molecule has 0 saturated carbocycles. The second-order valence-corrected chi connectivity index (χ2v) is 3.41. The van der Waals surface area contributed by atoms with Crippen LogP contribution in [0.2, 0.25) is 0 Å². The fourth-order valence-electron chi connectivity index (χ4n) is 0.453. The van der Waals surface area contributed by atoms with Crippen LogP contribution in [0.5, 0.6) is 0 Å². The van der Waals surface area contributed by atoms with E-state index in [9.17, 15) is 0 Å². The number of nitrogens with one attached hydrogen (secondary N) is 1. The quantitative estimate of drug-likeness (QED) is 0.457. The van der Waals surface area contributed by atoms with Crippen LogP contribution in [0.15, 0.2) is 4.34 Å². The number of hydrogen-bond donors (Lipinski definition) is 3. The normalized spacial score (nSPS) is 13.1. The number of hydrogen-bond acceptors (Lipinski definition) is 6. The minimum atomic E-state index is -0.597. The predicted octanol–water partition coefficient (Wildman–Crippen LogP) is 0.577. The molecule has 10 heavy (non-hydrogen) atoms. The Morgan fingerprint density at radius 2 is 2.40 bits per heavy atom. The molecular weight excluding hydrogens is 170 g/mol. The van der Waals surface area contributed by atoms with Crippen LogP contribution in [0.3, 0.4) is 0 Å². The van der Waals surface area contributed by atoms with Gasteiger partial charge in [-0.2, -0.15) is 0 Å². The van der Waals surface area contributed by atoms with Crippen LogP contribution < -0.4 is 5.32 Å². The summed E-state index contributed by atoms with van der Waals surface area (Å²) in [4.78, 5) is 0. The van der Waals surface area contributed by atoms with Gasteiger partial charge in [-0.1, -0.05) is 11.3 Å². The largest absolute Gasteiger partial charge is 0.374 e. The number of aliphatic hydroxyl groups is 1. The Morgan fingerprint density at radius 1 is 1.70 bits per heavy atom. The maximum atomic E-state index is 8.82. The van der Waals surface area contributed by atoms with Gasteiger partial charge >= 0.3 is 0 Å². The van der Waals surface area contributed by atoms with Gasteiger partial charge in [0.15, 0.2) is 4.34 Å². The molecule has 2 N–H and O–H groups in total. The third-order valence-corrected chi connectivity index (χ3v) is 1.77. The second-order valence-electron chi connectivity index (χ2n) is 1.71. The van der Waals surface area contributed by atoms with Gasteiger partial charge in [0.25, 0.3) is 0 Å². The van der Waals surface area contributed by atoms with E-state index >= 15 is 0 Å². The Labute approximate surface area is 67.7 Å². The molecule has 0 aliphatic heterocycles. The fourth-order valence-corrected chi connectivity index (χ4v) is 1.32. The molecule has 0 aliphatic carbocycles. The third kappa shape index (κ3) is 2.13. The molecule has 0 fully saturated rings. The monoisotopic (exact) mass is 177 g/mol.